The molecule has 0 unspecified atom stereocenters. The minimum Gasteiger partial charge on any atom is -0.395 e. The van der Waals surface area contributed by atoms with Crippen molar-refractivity contribution >= 4 is 21.8 Å². The van der Waals surface area contributed by atoms with Gasteiger partial charge in [-0.1, -0.05) is 6.07 Å². The first-order chi connectivity index (χ1) is 9.63. The van der Waals surface area contributed by atoms with Crippen LogP contribution in [0.15, 0.2) is 22.7 Å². The predicted octanol–water partition coefficient (Wildman–Crippen LogP) is 1.73. The number of amides is 1. The Hall–Kier alpha value is -0.980. The van der Waals surface area contributed by atoms with Crippen LogP contribution < -0.4 is 0 Å². The molecule has 1 aromatic rings. The largest absolute Gasteiger partial charge is 0.395 e. The number of aliphatic hydroxyl groups is 1. The van der Waals surface area contributed by atoms with E-state index in [1.807, 2.05) is 0 Å². The zero-order chi connectivity index (χ0) is 14.5. The van der Waals surface area contributed by atoms with Gasteiger partial charge in [0.15, 0.2) is 0 Å². The molecule has 1 aromatic carbocycles. The van der Waals surface area contributed by atoms with Gasteiger partial charge in [-0.15, -0.1) is 0 Å². The fraction of sp³-hybridized carbons (Fsp3) is 0.500. The number of halogens is 2. The van der Waals surface area contributed by atoms with Crippen LogP contribution in [0.25, 0.3) is 0 Å². The highest BCUT2D eigenvalue weighted by atomic mass is 79.9. The Balaban J connectivity index is 2.10. The summed E-state index contributed by atoms with van der Waals surface area (Å²) in [4.78, 5) is 16.2. The topological polar surface area (TPSA) is 43.8 Å². The van der Waals surface area contributed by atoms with E-state index in [4.69, 9.17) is 5.11 Å². The number of benzene rings is 1. The van der Waals surface area contributed by atoms with Gasteiger partial charge in [-0.05, 0) is 41.0 Å². The molecule has 0 saturated carbocycles. The van der Waals surface area contributed by atoms with Crippen LogP contribution in [0.3, 0.4) is 0 Å². The summed E-state index contributed by atoms with van der Waals surface area (Å²) < 4.78 is 14.3. The summed E-state index contributed by atoms with van der Waals surface area (Å²) in [6.45, 7) is 3.46. The molecule has 2 rings (SSSR count). The molecule has 20 heavy (non-hydrogen) atoms. The van der Waals surface area contributed by atoms with Crippen molar-refractivity contribution in [2.45, 2.75) is 6.42 Å². The maximum absolute atomic E-state index is 13.8. The average Bonchev–Trinajstić information content (AvgIpc) is 2.64. The molecule has 1 heterocycles. The van der Waals surface area contributed by atoms with Gasteiger partial charge in [0.05, 0.1) is 12.2 Å². The molecule has 1 saturated heterocycles. The van der Waals surface area contributed by atoms with Crippen molar-refractivity contribution in [1.82, 2.24) is 9.80 Å². The maximum atomic E-state index is 13.8. The molecule has 0 aromatic heterocycles. The molecule has 0 atom stereocenters. The second-order valence-corrected chi connectivity index (χ2v) is 5.66. The lowest BCUT2D eigenvalue weighted by atomic mass is 10.2. The third-order valence-corrected chi connectivity index (χ3v) is 4.13. The Labute approximate surface area is 126 Å². The summed E-state index contributed by atoms with van der Waals surface area (Å²) in [5.74, 6) is -0.776. The van der Waals surface area contributed by atoms with Gasteiger partial charge in [0.2, 0.25) is 0 Å². The Kier molecular flexibility index (Phi) is 5.51. The second kappa shape index (κ2) is 7.15. The third-order valence-electron chi connectivity index (χ3n) is 3.47. The van der Waals surface area contributed by atoms with Gasteiger partial charge >= 0.3 is 0 Å². The zero-order valence-corrected chi connectivity index (χ0v) is 12.8. The smallest absolute Gasteiger partial charge is 0.258 e. The lowest BCUT2D eigenvalue weighted by Crippen LogP contribution is -2.36. The fourth-order valence-electron chi connectivity index (χ4n) is 2.40. The molecule has 4 nitrogen and oxygen atoms in total. The minimum atomic E-state index is -0.499. The third kappa shape index (κ3) is 3.56. The first-order valence-corrected chi connectivity index (χ1v) is 7.49. The molecule has 1 amide bonds. The standard InChI is InChI=1S/C14H18BrFN2O2/c15-11-3-1-4-12(16)13(11)14(20)18-6-2-5-17(7-8-18)9-10-19/h1,3-4,19H,2,5-10H2. The zero-order valence-electron chi connectivity index (χ0n) is 11.2. The average molecular weight is 345 g/mol. The van der Waals surface area contributed by atoms with E-state index >= 15 is 0 Å². The number of carbonyl (C=O) groups excluding carboxylic acids is 1. The number of hydrogen-bond acceptors (Lipinski definition) is 3. The van der Waals surface area contributed by atoms with Crippen molar-refractivity contribution in [3.8, 4) is 0 Å². The molecule has 6 heteroatoms. The molecule has 0 spiro atoms. The molecule has 1 N–H and O–H groups in total. The molecule has 1 aliphatic rings. The van der Waals surface area contributed by atoms with E-state index in [-0.39, 0.29) is 18.1 Å². The van der Waals surface area contributed by atoms with Crippen molar-refractivity contribution in [2.75, 3.05) is 39.3 Å². The highest BCUT2D eigenvalue weighted by Crippen LogP contribution is 2.22. The van der Waals surface area contributed by atoms with Gasteiger partial charge in [-0.25, -0.2) is 4.39 Å². The predicted molar refractivity (Wildman–Crippen MR) is 78.1 cm³/mol. The number of rotatable bonds is 3. The van der Waals surface area contributed by atoms with E-state index in [1.54, 1.807) is 17.0 Å². The van der Waals surface area contributed by atoms with E-state index in [0.717, 1.165) is 13.0 Å². The Morgan fingerprint density at radius 2 is 2.10 bits per heavy atom. The van der Waals surface area contributed by atoms with Crippen LogP contribution in [0.1, 0.15) is 16.8 Å². The van der Waals surface area contributed by atoms with E-state index in [9.17, 15) is 9.18 Å². The minimum absolute atomic E-state index is 0.100. The fourth-order valence-corrected chi connectivity index (χ4v) is 2.91. The molecular formula is C14H18BrFN2O2. The Morgan fingerprint density at radius 3 is 2.80 bits per heavy atom. The number of aliphatic hydroxyl groups excluding tert-OH is 1. The number of β-amino-alcohol motifs (C(OH)–C–C–N with tert-alkyl or cyclic N) is 1. The van der Waals surface area contributed by atoms with E-state index in [2.05, 4.69) is 20.8 Å². The molecular weight excluding hydrogens is 327 g/mol. The molecule has 0 bridgehead atoms. The van der Waals surface area contributed by atoms with Crippen molar-refractivity contribution < 1.29 is 14.3 Å². The molecule has 0 aliphatic carbocycles. The summed E-state index contributed by atoms with van der Waals surface area (Å²) in [5, 5.41) is 8.96. The SMILES string of the molecule is O=C(c1c(F)cccc1Br)N1CCCN(CCO)CC1. The van der Waals surface area contributed by atoms with Crippen LogP contribution in [-0.2, 0) is 0 Å². The van der Waals surface area contributed by atoms with Crippen molar-refractivity contribution in [2.24, 2.45) is 0 Å². The maximum Gasteiger partial charge on any atom is 0.258 e. The quantitative estimate of drug-likeness (QED) is 0.908. The van der Waals surface area contributed by atoms with Crippen LogP contribution in [0, 0.1) is 5.82 Å². The van der Waals surface area contributed by atoms with Crippen LogP contribution in [0.5, 0.6) is 0 Å². The summed E-state index contributed by atoms with van der Waals surface area (Å²) in [7, 11) is 0. The van der Waals surface area contributed by atoms with E-state index < -0.39 is 5.82 Å². The van der Waals surface area contributed by atoms with Gasteiger partial charge in [-0.3, -0.25) is 9.69 Å². The molecule has 0 radical (unpaired) electrons. The van der Waals surface area contributed by atoms with Crippen molar-refractivity contribution in [1.29, 1.82) is 0 Å². The summed E-state index contributed by atoms with van der Waals surface area (Å²) in [6.07, 6.45) is 0.831. The lowest BCUT2D eigenvalue weighted by molar-refractivity contribution is 0.0755. The van der Waals surface area contributed by atoms with Gasteiger partial charge in [-0.2, -0.15) is 0 Å². The second-order valence-electron chi connectivity index (χ2n) is 4.81. The van der Waals surface area contributed by atoms with Gasteiger partial charge in [0, 0.05) is 30.7 Å². The lowest BCUT2D eigenvalue weighted by Gasteiger charge is -2.22. The number of nitrogens with zero attached hydrogens (tertiary/aromatic N) is 2. The molecule has 1 aliphatic heterocycles. The van der Waals surface area contributed by atoms with Gasteiger partial charge in [0.1, 0.15) is 5.82 Å². The monoisotopic (exact) mass is 344 g/mol. The van der Waals surface area contributed by atoms with E-state index in [1.165, 1.54) is 6.07 Å². The van der Waals surface area contributed by atoms with Gasteiger partial charge in [0.25, 0.3) is 5.91 Å². The van der Waals surface area contributed by atoms with Crippen LogP contribution in [0.4, 0.5) is 4.39 Å². The Morgan fingerprint density at radius 1 is 1.30 bits per heavy atom. The summed E-state index contributed by atoms with van der Waals surface area (Å²) >= 11 is 3.24. The van der Waals surface area contributed by atoms with Gasteiger partial charge < -0.3 is 10.0 Å². The summed E-state index contributed by atoms with van der Waals surface area (Å²) in [5.41, 5.74) is 0.100. The first-order valence-electron chi connectivity index (χ1n) is 6.70. The molecule has 110 valence electrons. The first kappa shape index (κ1) is 15.4. The number of carbonyl (C=O) groups is 1. The highest BCUT2D eigenvalue weighted by Gasteiger charge is 2.24. The van der Waals surface area contributed by atoms with Crippen molar-refractivity contribution in [3.63, 3.8) is 0 Å². The Bertz CT molecular complexity index is 464. The highest BCUT2D eigenvalue weighted by molar-refractivity contribution is 9.10. The van der Waals surface area contributed by atoms with Crippen LogP contribution in [0.2, 0.25) is 0 Å². The van der Waals surface area contributed by atoms with Crippen LogP contribution >= 0.6 is 15.9 Å². The summed E-state index contributed by atoms with van der Waals surface area (Å²) in [6, 6.07) is 4.54. The normalized spacial score (nSPS) is 17.1. The van der Waals surface area contributed by atoms with Crippen LogP contribution in [-0.4, -0.2) is 60.1 Å². The van der Waals surface area contributed by atoms with Crippen molar-refractivity contribution in [3.05, 3.63) is 34.1 Å². The molecule has 1 fully saturated rings. The van der Waals surface area contributed by atoms with E-state index in [0.29, 0.717) is 30.7 Å². The number of hydrogen-bond donors (Lipinski definition) is 1.